The number of hydrogen-bond acceptors (Lipinski definition) is 3. The molecule has 0 aromatic heterocycles. The van der Waals surface area contributed by atoms with Crippen LogP contribution in [0.1, 0.15) is 34.3 Å². The molecule has 1 aliphatic heterocycles. The summed E-state index contributed by atoms with van der Waals surface area (Å²) in [6.45, 7) is 5.56. The van der Waals surface area contributed by atoms with Crippen LogP contribution in [0.15, 0.2) is 42.5 Å². The first-order chi connectivity index (χ1) is 12.1. The van der Waals surface area contributed by atoms with E-state index in [4.69, 9.17) is 9.47 Å². The summed E-state index contributed by atoms with van der Waals surface area (Å²) >= 11 is 0. The third-order valence-corrected chi connectivity index (χ3v) is 4.85. The third-order valence-electron chi connectivity index (χ3n) is 4.85. The molecule has 0 saturated carbocycles. The molecule has 0 atom stereocenters. The van der Waals surface area contributed by atoms with Gasteiger partial charge in [0, 0.05) is 31.5 Å². The molecule has 4 heteroatoms. The zero-order valence-electron chi connectivity index (χ0n) is 15.1. The number of benzene rings is 2. The van der Waals surface area contributed by atoms with Crippen molar-refractivity contribution >= 4 is 5.91 Å². The van der Waals surface area contributed by atoms with E-state index >= 15 is 0 Å². The van der Waals surface area contributed by atoms with Crippen molar-refractivity contribution in [2.45, 2.75) is 32.8 Å². The summed E-state index contributed by atoms with van der Waals surface area (Å²) in [6, 6.07) is 13.6. The molecule has 0 bridgehead atoms. The van der Waals surface area contributed by atoms with Crippen LogP contribution in [-0.2, 0) is 0 Å². The molecule has 1 amide bonds. The van der Waals surface area contributed by atoms with Crippen molar-refractivity contribution < 1.29 is 14.3 Å². The molecule has 1 fully saturated rings. The van der Waals surface area contributed by atoms with Crippen molar-refractivity contribution in [3.05, 3.63) is 59.2 Å². The van der Waals surface area contributed by atoms with E-state index < -0.39 is 0 Å². The number of methoxy groups -OCH3 is 1. The fraction of sp³-hybridized carbons (Fsp3) is 0.381. The lowest BCUT2D eigenvalue weighted by Gasteiger charge is -2.32. The number of rotatable bonds is 4. The maximum absolute atomic E-state index is 12.7. The Labute approximate surface area is 149 Å². The molecule has 25 heavy (non-hydrogen) atoms. The van der Waals surface area contributed by atoms with Crippen LogP contribution in [0.3, 0.4) is 0 Å². The van der Waals surface area contributed by atoms with Gasteiger partial charge in [-0.05, 0) is 61.4 Å². The van der Waals surface area contributed by atoms with Crippen LogP contribution in [0.25, 0.3) is 0 Å². The molecular weight excluding hydrogens is 314 g/mol. The van der Waals surface area contributed by atoms with Gasteiger partial charge < -0.3 is 14.4 Å². The van der Waals surface area contributed by atoms with Gasteiger partial charge in [-0.15, -0.1) is 0 Å². The number of piperidine rings is 1. The van der Waals surface area contributed by atoms with Crippen molar-refractivity contribution in [1.82, 2.24) is 4.90 Å². The van der Waals surface area contributed by atoms with Crippen molar-refractivity contribution in [2.75, 3.05) is 20.2 Å². The summed E-state index contributed by atoms with van der Waals surface area (Å²) < 4.78 is 11.2. The smallest absolute Gasteiger partial charge is 0.253 e. The number of hydrogen-bond donors (Lipinski definition) is 0. The fourth-order valence-electron chi connectivity index (χ4n) is 3.08. The number of carbonyl (C=O) groups excluding carboxylic acids is 1. The van der Waals surface area contributed by atoms with Gasteiger partial charge in [0.05, 0.1) is 7.11 Å². The van der Waals surface area contributed by atoms with Crippen LogP contribution in [0, 0.1) is 13.8 Å². The first-order valence-corrected chi connectivity index (χ1v) is 8.74. The van der Waals surface area contributed by atoms with Gasteiger partial charge >= 0.3 is 0 Å². The van der Waals surface area contributed by atoms with Crippen LogP contribution < -0.4 is 9.47 Å². The van der Waals surface area contributed by atoms with Crippen molar-refractivity contribution in [3.8, 4) is 11.5 Å². The van der Waals surface area contributed by atoms with E-state index in [1.807, 2.05) is 54.3 Å². The Bertz CT molecular complexity index is 731. The summed E-state index contributed by atoms with van der Waals surface area (Å²) in [5.41, 5.74) is 3.14. The molecule has 1 heterocycles. The van der Waals surface area contributed by atoms with E-state index in [1.54, 1.807) is 7.11 Å². The standard InChI is InChI=1S/C21H25NO3/c1-15-4-5-17(14-16(15)2)21(23)22-12-10-20(11-13-22)25-19-8-6-18(24-3)7-9-19/h4-9,14,20H,10-13H2,1-3H3. The lowest BCUT2D eigenvalue weighted by Crippen LogP contribution is -2.41. The van der Waals surface area contributed by atoms with Crippen molar-refractivity contribution in [1.29, 1.82) is 0 Å². The minimum atomic E-state index is 0.117. The number of aryl methyl sites for hydroxylation is 2. The molecule has 1 aliphatic rings. The highest BCUT2D eigenvalue weighted by molar-refractivity contribution is 5.94. The Morgan fingerprint density at radius 1 is 0.960 bits per heavy atom. The van der Waals surface area contributed by atoms with E-state index in [9.17, 15) is 4.79 Å². The SMILES string of the molecule is COc1ccc(OC2CCN(C(=O)c3ccc(C)c(C)c3)CC2)cc1. The highest BCUT2D eigenvalue weighted by atomic mass is 16.5. The molecule has 132 valence electrons. The van der Waals surface area contributed by atoms with Gasteiger partial charge in [-0.3, -0.25) is 4.79 Å². The summed E-state index contributed by atoms with van der Waals surface area (Å²) in [5, 5.41) is 0. The highest BCUT2D eigenvalue weighted by Crippen LogP contribution is 2.23. The van der Waals surface area contributed by atoms with Crippen molar-refractivity contribution in [3.63, 3.8) is 0 Å². The van der Waals surface area contributed by atoms with Gasteiger partial charge in [0.2, 0.25) is 0 Å². The molecule has 0 N–H and O–H groups in total. The van der Waals surface area contributed by atoms with Crippen LogP contribution in [-0.4, -0.2) is 37.1 Å². The quantitative estimate of drug-likeness (QED) is 0.845. The Balaban J connectivity index is 1.55. The number of likely N-dealkylation sites (tertiary alicyclic amines) is 1. The zero-order valence-corrected chi connectivity index (χ0v) is 15.1. The monoisotopic (exact) mass is 339 g/mol. The predicted molar refractivity (Wildman–Crippen MR) is 98.5 cm³/mol. The molecule has 4 nitrogen and oxygen atoms in total. The van der Waals surface area contributed by atoms with E-state index in [0.29, 0.717) is 0 Å². The second-order valence-corrected chi connectivity index (χ2v) is 6.58. The lowest BCUT2D eigenvalue weighted by molar-refractivity contribution is 0.0595. The first kappa shape index (κ1) is 17.3. The molecule has 0 unspecified atom stereocenters. The Kier molecular flexibility index (Phi) is 5.27. The van der Waals surface area contributed by atoms with Gasteiger partial charge in [-0.25, -0.2) is 0 Å². The summed E-state index contributed by atoms with van der Waals surface area (Å²) in [7, 11) is 1.65. The normalized spacial score (nSPS) is 15.1. The Hall–Kier alpha value is -2.49. The van der Waals surface area contributed by atoms with Gasteiger partial charge in [0.15, 0.2) is 0 Å². The Morgan fingerprint density at radius 3 is 2.20 bits per heavy atom. The molecule has 2 aromatic rings. The van der Waals surface area contributed by atoms with E-state index in [0.717, 1.165) is 48.6 Å². The van der Waals surface area contributed by atoms with Gasteiger partial charge in [-0.1, -0.05) is 6.07 Å². The van der Waals surface area contributed by atoms with Crippen molar-refractivity contribution in [2.24, 2.45) is 0 Å². The number of ether oxygens (including phenoxy) is 2. The van der Waals surface area contributed by atoms with Gasteiger partial charge in [0.1, 0.15) is 17.6 Å². The van der Waals surface area contributed by atoms with Gasteiger partial charge in [-0.2, -0.15) is 0 Å². The number of nitrogens with zero attached hydrogens (tertiary/aromatic N) is 1. The van der Waals surface area contributed by atoms with Gasteiger partial charge in [0.25, 0.3) is 5.91 Å². The molecule has 0 spiro atoms. The van der Waals surface area contributed by atoms with Crippen LogP contribution in [0.2, 0.25) is 0 Å². The summed E-state index contributed by atoms with van der Waals surface area (Å²) in [4.78, 5) is 14.6. The highest BCUT2D eigenvalue weighted by Gasteiger charge is 2.24. The Morgan fingerprint density at radius 2 is 1.60 bits per heavy atom. The molecular formula is C21H25NO3. The third kappa shape index (κ3) is 4.13. The number of carbonyl (C=O) groups is 1. The fourth-order valence-corrected chi connectivity index (χ4v) is 3.08. The summed E-state index contributed by atoms with van der Waals surface area (Å²) in [6.07, 6.45) is 1.85. The van der Waals surface area contributed by atoms with Crippen LogP contribution in [0.5, 0.6) is 11.5 Å². The summed E-state index contributed by atoms with van der Waals surface area (Å²) in [5.74, 6) is 1.78. The predicted octanol–water partition coefficient (Wildman–Crippen LogP) is 4.00. The average Bonchev–Trinajstić information content (AvgIpc) is 2.65. The van der Waals surface area contributed by atoms with E-state index in [1.165, 1.54) is 5.56 Å². The largest absolute Gasteiger partial charge is 0.497 e. The maximum atomic E-state index is 12.7. The maximum Gasteiger partial charge on any atom is 0.253 e. The first-order valence-electron chi connectivity index (χ1n) is 8.74. The average molecular weight is 339 g/mol. The topological polar surface area (TPSA) is 38.8 Å². The lowest BCUT2D eigenvalue weighted by atomic mass is 10.0. The minimum Gasteiger partial charge on any atom is -0.497 e. The molecule has 2 aromatic carbocycles. The molecule has 0 radical (unpaired) electrons. The minimum absolute atomic E-state index is 0.117. The molecule has 1 saturated heterocycles. The second-order valence-electron chi connectivity index (χ2n) is 6.58. The molecule has 3 rings (SSSR count). The van der Waals surface area contributed by atoms with Crippen LogP contribution in [0.4, 0.5) is 0 Å². The number of amides is 1. The van der Waals surface area contributed by atoms with Crippen LogP contribution >= 0.6 is 0 Å². The van der Waals surface area contributed by atoms with E-state index in [2.05, 4.69) is 6.92 Å². The second kappa shape index (κ2) is 7.60. The zero-order chi connectivity index (χ0) is 17.8. The van der Waals surface area contributed by atoms with E-state index in [-0.39, 0.29) is 12.0 Å². The molecule has 0 aliphatic carbocycles.